The Balaban J connectivity index is 2.98. The number of aryl methyl sites for hydroxylation is 2. The monoisotopic (exact) mass is 251 g/mol. The predicted molar refractivity (Wildman–Crippen MR) is 73.6 cm³/mol. The summed E-state index contributed by atoms with van der Waals surface area (Å²) in [5.41, 5.74) is 2.20. The van der Waals surface area contributed by atoms with Gasteiger partial charge < -0.3 is 4.90 Å². The van der Waals surface area contributed by atoms with Gasteiger partial charge in [-0.2, -0.15) is 5.10 Å². The highest BCUT2D eigenvalue weighted by Crippen LogP contribution is 2.15. The van der Waals surface area contributed by atoms with E-state index in [2.05, 4.69) is 25.0 Å². The van der Waals surface area contributed by atoms with Crippen LogP contribution in [0.4, 0.5) is 0 Å². The van der Waals surface area contributed by atoms with E-state index in [1.54, 1.807) is 0 Å². The van der Waals surface area contributed by atoms with Crippen molar-refractivity contribution in [3.8, 4) is 0 Å². The van der Waals surface area contributed by atoms with Crippen molar-refractivity contribution in [3.63, 3.8) is 0 Å². The van der Waals surface area contributed by atoms with Crippen LogP contribution >= 0.6 is 0 Å². The molecule has 1 rings (SSSR count). The van der Waals surface area contributed by atoms with Crippen LogP contribution in [0.5, 0.6) is 0 Å². The Morgan fingerprint density at radius 1 is 1.28 bits per heavy atom. The van der Waals surface area contributed by atoms with Crippen molar-refractivity contribution in [1.29, 1.82) is 0 Å². The number of hydrogen-bond donors (Lipinski definition) is 0. The van der Waals surface area contributed by atoms with E-state index in [9.17, 15) is 4.79 Å². The number of amides is 1. The fourth-order valence-corrected chi connectivity index (χ4v) is 2.17. The second-order valence-electron chi connectivity index (χ2n) is 4.47. The van der Waals surface area contributed by atoms with E-state index in [0.717, 1.165) is 37.3 Å². The molecule has 0 aromatic carbocycles. The molecule has 1 heterocycles. The zero-order chi connectivity index (χ0) is 13.7. The maximum atomic E-state index is 12.3. The molecular formula is C14H25N3O. The minimum absolute atomic E-state index is 0.153. The molecule has 1 atom stereocenters. The molecule has 4 nitrogen and oxygen atoms in total. The summed E-state index contributed by atoms with van der Waals surface area (Å²) in [6, 6.07) is 1.89. The molecule has 0 saturated carbocycles. The summed E-state index contributed by atoms with van der Waals surface area (Å²) in [5, 5.41) is 4.54. The Kier molecular flexibility index (Phi) is 5.38. The van der Waals surface area contributed by atoms with Crippen molar-refractivity contribution in [3.05, 3.63) is 17.5 Å². The molecule has 0 bridgehead atoms. The van der Waals surface area contributed by atoms with E-state index in [1.807, 2.05) is 30.4 Å². The Morgan fingerprint density at radius 3 is 2.33 bits per heavy atom. The van der Waals surface area contributed by atoms with Gasteiger partial charge in [0, 0.05) is 18.8 Å². The van der Waals surface area contributed by atoms with Gasteiger partial charge in [0.15, 0.2) is 0 Å². The molecule has 0 saturated heterocycles. The minimum Gasteiger partial charge on any atom is -0.341 e. The summed E-state index contributed by atoms with van der Waals surface area (Å²) in [4.78, 5) is 14.2. The van der Waals surface area contributed by atoms with Crippen molar-refractivity contribution < 1.29 is 4.79 Å². The predicted octanol–water partition coefficient (Wildman–Crippen LogP) is 2.44. The van der Waals surface area contributed by atoms with Gasteiger partial charge in [0.1, 0.15) is 6.04 Å². The molecule has 102 valence electrons. The number of carbonyl (C=O) groups excluding carboxylic acids is 1. The molecule has 0 aliphatic heterocycles. The van der Waals surface area contributed by atoms with E-state index in [0.29, 0.717) is 0 Å². The Morgan fingerprint density at radius 2 is 1.89 bits per heavy atom. The van der Waals surface area contributed by atoms with Gasteiger partial charge in [-0.15, -0.1) is 0 Å². The summed E-state index contributed by atoms with van der Waals surface area (Å²) in [6.07, 6.45) is 1.81. The molecule has 1 amide bonds. The van der Waals surface area contributed by atoms with Gasteiger partial charge in [-0.1, -0.05) is 13.8 Å². The van der Waals surface area contributed by atoms with E-state index in [1.165, 1.54) is 0 Å². The first-order chi connectivity index (χ1) is 8.58. The summed E-state index contributed by atoms with van der Waals surface area (Å²) in [7, 11) is 0. The molecule has 0 N–H and O–H groups in total. The van der Waals surface area contributed by atoms with Crippen LogP contribution in [0.2, 0.25) is 0 Å². The zero-order valence-corrected chi connectivity index (χ0v) is 12.2. The van der Waals surface area contributed by atoms with Crippen molar-refractivity contribution in [2.45, 2.75) is 53.5 Å². The Labute approximate surface area is 110 Å². The van der Waals surface area contributed by atoms with Crippen LogP contribution in [-0.2, 0) is 17.6 Å². The fourth-order valence-electron chi connectivity index (χ4n) is 2.17. The molecule has 18 heavy (non-hydrogen) atoms. The molecule has 0 fully saturated rings. The number of nitrogens with zero attached hydrogens (tertiary/aromatic N) is 3. The third kappa shape index (κ3) is 2.92. The van der Waals surface area contributed by atoms with Crippen LogP contribution < -0.4 is 0 Å². The fraction of sp³-hybridized carbons (Fsp3) is 0.714. The van der Waals surface area contributed by atoms with Gasteiger partial charge in [-0.3, -0.25) is 9.48 Å². The lowest BCUT2D eigenvalue weighted by molar-refractivity contribution is -0.134. The average Bonchev–Trinajstić information content (AvgIpc) is 2.82. The molecule has 4 heteroatoms. The second kappa shape index (κ2) is 6.57. The Bertz CT molecular complexity index is 394. The number of likely N-dealkylation sites (N-methyl/N-ethyl adjacent to an activating group) is 1. The van der Waals surface area contributed by atoms with Gasteiger partial charge >= 0.3 is 0 Å². The quantitative estimate of drug-likeness (QED) is 0.779. The van der Waals surface area contributed by atoms with Crippen molar-refractivity contribution >= 4 is 5.91 Å². The topological polar surface area (TPSA) is 38.1 Å². The normalized spacial score (nSPS) is 12.5. The highest BCUT2D eigenvalue weighted by molar-refractivity contribution is 5.80. The second-order valence-corrected chi connectivity index (χ2v) is 4.47. The first-order valence-corrected chi connectivity index (χ1v) is 6.94. The van der Waals surface area contributed by atoms with Crippen molar-refractivity contribution in [2.24, 2.45) is 0 Å². The minimum atomic E-state index is -0.208. The van der Waals surface area contributed by atoms with Crippen LogP contribution in [0.15, 0.2) is 6.07 Å². The smallest absolute Gasteiger partial charge is 0.247 e. The molecule has 0 aliphatic carbocycles. The van der Waals surface area contributed by atoms with Crippen LogP contribution in [0.25, 0.3) is 0 Å². The van der Waals surface area contributed by atoms with Crippen molar-refractivity contribution in [1.82, 2.24) is 14.7 Å². The highest BCUT2D eigenvalue weighted by Gasteiger charge is 2.22. The average molecular weight is 251 g/mol. The summed E-state index contributed by atoms with van der Waals surface area (Å²) < 4.78 is 1.89. The van der Waals surface area contributed by atoms with E-state index < -0.39 is 0 Å². The van der Waals surface area contributed by atoms with E-state index in [-0.39, 0.29) is 11.9 Å². The molecule has 1 aromatic heterocycles. The van der Waals surface area contributed by atoms with Crippen LogP contribution in [0.3, 0.4) is 0 Å². The van der Waals surface area contributed by atoms with E-state index >= 15 is 0 Å². The zero-order valence-electron chi connectivity index (χ0n) is 12.2. The van der Waals surface area contributed by atoms with Crippen LogP contribution in [0, 0.1) is 0 Å². The molecular weight excluding hydrogens is 226 g/mol. The maximum Gasteiger partial charge on any atom is 0.247 e. The van der Waals surface area contributed by atoms with Gasteiger partial charge in [-0.05, 0) is 39.7 Å². The van der Waals surface area contributed by atoms with E-state index in [4.69, 9.17) is 0 Å². The SMILES string of the molecule is CCc1cc(CC)n(C(C)C(=O)N(CC)CC)n1. The van der Waals surface area contributed by atoms with Crippen molar-refractivity contribution in [2.75, 3.05) is 13.1 Å². The van der Waals surface area contributed by atoms with Crippen LogP contribution in [0.1, 0.15) is 52.0 Å². The van der Waals surface area contributed by atoms with Crippen LogP contribution in [-0.4, -0.2) is 33.7 Å². The molecule has 0 aliphatic rings. The Hall–Kier alpha value is -1.32. The highest BCUT2D eigenvalue weighted by atomic mass is 16.2. The summed E-state index contributed by atoms with van der Waals surface area (Å²) in [6.45, 7) is 11.6. The number of carbonyl (C=O) groups is 1. The standard InChI is InChI=1S/C14H25N3O/c1-6-12-10-13(7-2)17(15-12)11(5)14(18)16(8-3)9-4/h10-11H,6-9H2,1-5H3. The van der Waals surface area contributed by atoms with Gasteiger partial charge in [0.05, 0.1) is 5.69 Å². The lowest BCUT2D eigenvalue weighted by atomic mass is 10.2. The third-order valence-corrected chi connectivity index (χ3v) is 3.39. The summed E-state index contributed by atoms with van der Waals surface area (Å²) in [5.74, 6) is 0.153. The van der Waals surface area contributed by atoms with Gasteiger partial charge in [0.2, 0.25) is 5.91 Å². The number of rotatable bonds is 6. The van der Waals surface area contributed by atoms with Gasteiger partial charge in [-0.25, -0.2) is 0 Å². The largest absolute Gasteiger partial charge is 0.341 e. The first-order valence-electron chi connectivity index (χ1n) is 6.94. The first kappa shape index (κ1) is 14.7. The number of aromatic nitrogens is 2. The molecule has 1 unspecified atom stereocenters. The molecule has 1 aromatic rings. The number of hydrogen-bond acceptors (Lipinski definition) is 2. The third-order valence-electron chi connectivity index (χ3n) is 3.39. The lowest BCUT2D eigenvalue weighted by Crippen LogP contribution is -2.36. The maximum absolute atomic E-state index is 12.3. The summed E-state index contributed by atoms with van der Waals surface area (Å²) >= 11 is 0. The molecule has 0 radical (unpaired) electrons. The lowest BCUT2D eigenvalue weighted by Gasteiger charge is -2.24. The van der Waals surface area contributed by atoms with Gasteiger partial charge in [0.25, 0.3) is 0 Å². The molecule has 0 spiro atoms.